The molecule has 2 unspecified atom stereocenters. The lowest BCUT2D eigenvalue weighted by atomic mass is 10.3. The van der Waals surface area contributed by atoms with Gasteiger partial charge in [-0.3, -0.25) is 0 Å². The highest BCUT2D eigenvalue weighted by molar-refractivity contribution is 5.51. The molecule has 88 valence electrons. The first-order chi connectivity index (χ1) is 7.60. The number of nitrogen functional groups attached to an aromatic ring is 2. The molecule has 1 aliphatic carbocycles. The SMILES string of the molecule is CC1CC1CN(C)c1cc(NN)nc(N)n1. The maximum absolute atomic E-state index is 5.60. The van der Waals surface area contributed by atoms with E-state index in [1.165, 1.54) is 6.42 Å². The first-order valence-corrected chi connectivity index (χ1v) is 5.42. The van der Waals surface area contributed by atoms with Crippen LogP contribution in [0.4, 0.5) is 17.6 Å². The molecule has 1 aromatic rings. The predicted octanol–water partition coefficient (Wildman–Crippen LogP) is 0.437. The third kappa shape index (κ3) is 2.33. The summed E-state index contributed by atoms with van der Waals surface area (Å²) in [4.78, 5) is 10.2. The molecular formula is C10H18N6. The number of anilines is 3. The van der Waals surface area contributed by atoms with E-state index in [0.717, 1.165) is 24.2 Å². The van der Waals surface area contributed by atoms with E-state index >= 15 is 0 Å². The highest BCUT2D eigenvalue weighted by atomic mass is 15.3. The standard InChI is InChI=1S/C10H18N6/c1-6-3-7(6)5-16(2)9-4-8(15-12)13-10(11)14-9/h4,6-7H,3,5,12H2,1-2H3,(H3,11,13,14,15). The maximum atomic E-state index is 5.60. The molecule has 0 amide bonds. The number of aromatic nitrogens is 2. The molecule has 1 fully saturated rings. The molecule has 2 atom stereocenters. The fourth-order valence-electron chi connectivity index (χ4n) is 1.82. The Hall–Kier alpha value is -1.56. The zero-order valence-electron chi connectivity index (χ0n) is 9.64. The summed E-state index contributed by atoms with van der Waals surface area (Å²) in [5.41, 5.74) is 8.09. The summed E-state index contributed by atoms with van der Waals surface area (Å²) in [6.45, 7) is 3.27. The second-order valence-electron chi connectivity index (χ2n) is 4.47. The highest BCUT2D eigenvalue weighted by Crippen LogP contribution is 2.38. The summed E-state index contributed by atoms with van der Waals surface area (Å²) in [6.07, 6.45) is 1.30. The van der Waals surface area contributed by atoms with Gasteiger partial charge < -0.3 is 16.1 Å². The Labute approximate surface area is 95.0 Å². The molecule has 6 nitrogen and oxygen atoms in total. The minimum Gasteiger partial charge on any atom is -0.368 e. The number of nitrogens with zero attached hydrogens (tertiary/aromatic N) is 3. The third-order valence-electron chi connectivity index (χ3n) is 3.05. The summed E-state index contributed by atoms with van der Waals surface area (Å²) in [5.74, 6) is 8.49. The quantitative estimate of drug-likeness (QED) is 0.505. The normalized spacial score (nSPS) is 22.9. The van der Waals surface area contributed by atoms with Crippen molar-refractivity contribution in [3.05, 3.63) is 6.07 Å². The minimum absolute atomic E-state index is 0.237. The number of rotatable bonds is 4. The molecule has 6 heteroatoms. The van der Waals surface area contributed by atoms with Crippen molar-refractivity contribution < 1.29 is 0 Å². The van der Waals surface area contributed by atoms with E-state index in [9.17, 15) is 0 Å². The Bertz CT molecular complexity index is 380. The van der Waals surface area contributed by atoms with Gasteiger partial charge in [-0.15, -0.1) is 0 Å². The zero-order valence-corrected chi connectivity index (χ0v) is 9.64. The van der Waals surface area contributed by atoms with Crippen LogP contribution in [0.2, 0.25) is 0 Å². The van der Waals surface area contributed by atoms with Gasteiger partial charge >= 0.3 is 0 Å². The predicted molar refractivity (Wildman–Crippen MR) is 64.8 cm³/mol. The van der Waals surface area contributed by atoms with E-state index < -0.39 is 0 Å². The van der Waals surface area contributed by atoms with Crippen LogP contribution < -0.4 is 21.9 Å². The Morgan fingerprint density at radius 1 is 1.56 bits per heavy atom. The van der Waals surface area contributed by atoms with Crippen LogP contribution in [0.15, 0.2) is 6.07 Å². The van der Waals surface area contributed by atoms with Crippen molar-refractivity contribution in [2.45, 2.75) is 13.3 Å². The van der Waals surface area contributed by atoms with E-state index in [1.807, 2.05) is 7.05 Å². The van der Waals surface area contributed by atoms with Crippen molar-refractivity contribution in [3.63, 3.8) is 0 Å². The second kappa shape index (κ2) is 4.13. The smallest absolute Gasteiger partial charge is 0.223 e. The van der Waals surface area contributed by atoms with Gasteiger partial charge in [0.05, 0.1) is 0 Å². The molecule has 0 saturated heterocycles. The van der Waals surface area contributed by atoms with Crippen LogP contribution in [0.3, 0.4) is 0 Å². The molecular weight excluding hydrogens is 204 g/mol. The van der Waals surface area contributed by atoms with E-state index in [-0.39, 0.29) is 5.95 Å². The van der Waals surface area contributed by atoms with Gasteiger partial charge in [-0.25, -0.2) is 5.84 Å². The highest BCUT2D eigenvalue weighted by Gasteiger charge is 2.33. The van der Waals surface area contributed by atoms with E-state index in [4.69, 9.17) is 11.6 Å². The number of nitrogens with one attached hydrogen (secondary N) is 1. The first kappa shape index (κ1) is 10.9. The largest absolute Gasteiger partial charge is 0.368 e. The number of hydrogen-bond acceptors (Lipinski definition) is 6. The van der Waals surface area contributed by atoms with Gasteiger partial charge in [0.15, 0.2) is 0 Å². The van der Waals surface area contributed by atoms with Crippen molar-refractivity contribution in [2.75, 3.05) is 29.7 Å². The molecule has 0 aromatic carbocycles. The average molecular weight is 222 g/mol. The van der Waals surface area contributed by atoms with Crippen molar-refractivity contribution in [2.24, 2.45) is 17.7 Å². The number of hydrazine groups is 1. The van der Waals surface area contributed by atoms with E-state index in [1.54, 1.807) is 6.07 Å². The minimum atomic E-state index is 0.237. The summed E-state index contributed by atoms with van der Waals surface area (Å²) in [7, 11) is 2.01. The van der Waals surface area contributed by atoms with Crippen LogP contribution in [-0.4, -0.2) is 23.6 Å². The van der Waals surface area contributed by atoms with Crippen molar-refractivity contribution >= 4 is 17.6 Å². The van der Waals surface area contributed by atoms with Gasteiger partial charge in [0.1, 0.15) is 11.6 Å². The summed E-state index contributed by atoms with van der Waals surface area (Å²) < 4.78 is 0. The van der Waals surface area contributed by atoms with Gasteiger partial charge in [-0.05, 0) is 18.3 Å². The van der Waals surface area contributed by atoms with Gasteiger partial charge in [-0.2, -0.15) is 9.97 Å². The fourth-order valence-corrected chi connectivity index (χ4v) is 1.82. The topological polar surface area (TPSA) is 93.1 Å². The summed E-state index contributed by atoms with van der Waals surface area (Å²) in [5, 5.41) is 0. The molecule has 1 aliphatic rings. The molecule has 5 N–H and O–H groups in total. The number of hydrogen-bond donors (Lipinski definition) is 3. The van der Waals surface area contributed by atoms with Crippen LogP contribution in [0.25, 0.3) is 0 Å². The molecule has 0 aliphatic heterocycles. The van der Waals surface area contributed by atoms with E-state index in [0.29, 0.717) is 5.82 Å². The first-order valence-electron chi connectivity index (χ1n) is 5.42. The summed E-state index contributed by atoms with van der Waals surface area (Å²) >= 11 is 0. The van der Waals surface area contributed by atoms with Gasteiger partial charge in [0.2, 0.25) is 5.95 Å². The molecule has 0 radical (unpaired) electrons. The zero-order chi connectivity index (χ0) is 11.7. The lowest BCUT2D eigenvalue weighted by Crippen LogP contribution is -2.23. The molecule has 1 heterocycles. The lowest BCUT2D eigenvalue weighted by molar-refractivity contribution is 0.719. The van der Waals surface area contributed by atoms with Crippen LogP contribution >= 0.6 is 0 Å². The van der Waals surface area contributed by atoms with E-state index in [2.05, 4.69) is 27.2 Å². The lowest BCUT2D eigenvalue weighted by Gasteiger charge is -2.18. The van der Waals surface area contributed by atoms with Crippen molar-refractivity contribution in [1.82, 2.24) is 9.97 Å². The van der Waals surface area contributed by atoms with Crippen LogP contribution in [0.5, 0.6) is 0 Å². The molecule has 1 aromatic heterocycles. The van der Waals surface area contributed by atoms with Gasteiger partial charge in [0, 0.05) is 19.7 Å². The second-order valence-corrected chi connectivity index (χ2v) is 4.47. The molecule has 2 rings (SSSR count). The van der Waals surface area contributed by atoms with Gasteiger partial charge in [0.25, 0.3) is 0 Å². The molecule has 0 spiro atoms. The van der Waals surface area contributed by atoms with Crippen LogP contribution in [0.1, 0.15) is 13.3 Å². The van der Waals surface area contributed by atoms with Gasteiger partial charge in [-0.1, -0.05) is 6.92 Å². The third-order valence-corrected chi connectivity index (χ3v) is 3.05. The van der Waals surface area contributed by atoms with Crippen LogP contribution in [-0.2, 0) is 0 Å². The average Bonchev–Trinajstić information content (AvgIpc) is 2.93. The van der Waals surface area contributed by atoms with Crippen molar-refractivity contribution in [1.29, 1.82) is 0 Å². The number of nitrogens with two attached hydrogens (primary N) is 2. The van der Waals surface area contributed by atoms with Crippen molar-refractivity contribution in [3.8, 4) is 0 Å². The Balaban J connectivity index is 2.09. The Morgan fingerprint density at radius 3 is 2.81 bits per heavy atom. The molecule has 1 saturated carbocycles. The Kier molecular flexibility index (Phi) is 2.82. The maximum Gasteiger partial charge on any atom is 0.223 e. The summed E-state index contributed by atoms with van der Waals surface area (Å²) in [6, 6.07) is 1.80. The Morgan fingerprint density at radius 2 is 2.25 bits per heavy atom. The molecule has 16 heavy (non-hydrogen) atoms. The van der Waals surface area contributed by atoms with Crippen LogP contribution in [0, 0.1) is 11.8 Å². The monoisotopic (exact) mass is 222 g/mol. The fraction of sp³-hybridized carbons (Fsp3) is 0.600. The molecule has 0 bridgehead atoms.